The number of carboxylic acids is 1. The molecule has 0 spiro atoms. The number of nitrogens with one attached hydrogen (secondary N) is 1. The van der Waals surface area contributed by atoms with E-state index in [1.54, 1.807) is 6.07 Å². The predicted molar refractivity (Wildman–Crippen MR) is 73.4 cm³/mol. The van der Waals surface area contributed by atoms with Gasteiger partial charge in [-0.2, -0.15) is 0 Å². The van der Waals surface area contributed by atoms with Crippen LogP contribution in [0.4, 0.5) is 11.4 Å². The molecule has 92 valence electrons. The van der Waals surface area contributed by atoms with E-state index in [0.717, 1.165) is 15.7 Å². The second kappa shape index (κ2) is 5.18. The Labute approximate surface area is 113 Å². The Morgan fingerprint density at radius 1 is 1.28 bits per heavy atom. The van der Waals surface area contributed by atoms with Gasteiger partial charge in [-0.15, -0.1) is 0 Å². The fourth-order valence-corrected chi connectivity index (χ4v) is 2.21. The average Bonchev–Trinajstić information content (AvgIpc) is 2.27. The number of pyridine rings is 1. The third kappa shape index (κ3) is 3.07. The molecule has 0 aliphatic carbocycles. The van der Waals surface area contributed by atoms with Crippen LogP contribution in [0, 0.1) is 6.92 Å². The van der Waals surface area contributed by atoms with Crippen molar-refractivity contribution in [1.82, 2.24) is 4.98 Å². The number of aromatic carboxylic acids is 1. The maximum Gasteiger partial charge on any atom is 0.354 e. The second-order valence-electron chi connectivity index (χ2n) is 3.88. The molecule has 0 saturated carbocycles. The number of benzene rings is 1. The van der Waals surface area contributed by atoms with Crippen LogP contribution in [0.25, 0.3) is 0 Å². The van der Waals surface area contributed by atoms with Gasteiger partial charge in [0.2, 0.25) is 0 Å². The van der Waals surface area contributed by atoms with E-state index in [9.17, 15) is 4.79 Å². The molecule has 0 bridgehead atoms. The topological polar surface area (TPSA) is 62.2 Å². The third-order valence-electron chi connectivity index (χ3n) is 2.31. The van der Waals surface area contributed by atoms with Crippen molar-refractivity contribution >= 4 is 33.3 Å². The molecular formula is C13H11BrN2O2. The minimum atomic E-state index is -1.04. The molecule has 0 amide bonds. The van der Waals surface area contributed by atoms with Crippen molar-refractivity contribution in [2.75, 3.05) is 5.32 Å². The number of anilines is 2. The zero-order valence-electron chi connectivity index (χ0n) is 9.64. The number of carboxylic acid groups (broad SMARTS) is 1. The Balaban J connectivity index is 2.28. The smallest absolute Gasteiger partial charge is 0.354 e. The number of aromatic nitrogens is 1. The number of carbonyl (C=O) groups is 1. The lowest BCUT2D eigenvalue weighted by Crippen LogP contribution is -2.01. The van der Waals surface area contributed by atoms with Gasteiger partial charge in [0.1, 0.15) is 5.69 Å². The zero-order valence-corrected chi connectivity index (χ0v) is 11.2. The average molecular weight is 307 g/mol. The molecule has 0 radical (unpaired) electrons. The maximum absolute atomic E-state index is 10.8. The summed E-state index contributed by atoms with van der Waals surface area (Å²) >= 11 is 3.42. The van der Waals surface area contributed by atoms with E-state index in [1.165, 1.54) is 12.3 Å². The lowest BCUT2D eigenvalue weighted by molar-refractivity contribution is 0.0690. The molecule has 1 aromatic carbocycles. The number of rotatable bonds is 3. The van der Waals surface area contributed by atoms with Crippen LogP contribution in [-0.4, -0.2) is 16.1 Å². The molecule has 18 heavy (non-hydrogen) atoms. The minimum Gasteiger partial charge on any atom is -0.477 e. The first kappa shape index (κ1) is 12.6. The van der Waals surface area contributed by atoms with Crippen LogP contribution in [0.1, 0.15) is 16.1 Å². The number of aryl methyl sites for hydroxylation is 1. The molecule has 1 aromatic heterocycles. The molecule has 2 N–H and O–H groups in total. The van der Waals surface area contributed by atoms with Gasteiger partial charge in [0.25, 0.3) is 0 Å². The summed E-state index contributed by atoms with van der Waals surface area (Å²) in [6.07, 6.45) is 1.47. The molecule has 2 aromatic rings. The Morgan fingerprint density at radius 3 is 2.72 bits per heavy atom. The van der Waals surface area contributed by atoms with Gasteiger partial charge >= 0.3 is 5.97 Å². The van der Waals surface area contributed by atoms with Crippen LogP contribution in [-0.2, 0) is 0 Å². The molecule has 0 atom stereocenters. The highest BCUT2D eigenvalue weighted by Crippen LogP contribution is 2.22. The summed E-state index contributed by atoms with van der Waals surface area (Å²) in [6.45, 7) is 1.99. The summed E-state index contributed by atoms with van der Waals surface area (Å²) in [7, 11) is 0. The predicted octanol–water partition coefficient (Wildman–Crippen LogP) is 3.59. The molecule has 0 saturated heterocycles. The van der Waals surface area contributed by atoms with Crippen LogP contribution in [0.2, 0.25) is 0 Å². The monoisotopic (exact) mass is 306 g/mol. The minimum absolute atomic E-state index is 0.0201. The number of halogens is 1. The largest absolute Gasteiger partial charge is 0.477 e. The molecule has 0 unspecified atom stereocenters. The summed E-state index contributed by atoms with van der Waals surface area (Å²) in [5.74, 6) is -1.04. The highest BCUT2D eigenvalue weighted by atomic mass is 79.9. The van der Waals surface area contributed by atoms with E-state index in [2.05, 4.69) is 26.2 Å². The van der Waals surface area contributed by atoms with Crippen molar-refractivity contribution < 1.29 is 9.90 Å². The van der Waals surface area contributed by atoms with Crippen LogP contribution in [0.3, 0.4) is 0 Å². The maximum atomic E-state index is 10.8. The van der Waals surface area contributed by atoms with Gasteiger partial charge in [-0.25, -0.2) is 9.78 Å². The highest BCUT2D eigenvalue weighted by molar-refractivity contribution is 9.10. The summed E-state index contributed by atoms with van der Waals surface area (Å²) in [5.41, 5.74) is 2.72. The SMILES string of the molecule is Cc1cc(Br)cc(Nc2ccnc(C(=O)O)c2)c1. The van der Waals surface area contributed by atoms with Gasteiger partial charge in [0.15, 0.2) is 0 Å². The summed E-state index contributed by atoms with van der Waals surface area (Å²) in [6, 6.07) is 9.13. The molecule has 0 aliphatic rings. The van der Waals surface area contributed by atoms with E-state index in [4.69, 9.17) is 5.11 Å². The van der Waals surface area contributed by atoms with Crippen molar-refractivity contribution in [3.05, 3.63) is 52.3 Å². The molecule has 2 rings (SSSR count). The van der Waals surface area contributed by atoms with Crippen molar-refractivity contribution in [2.45, 2.75) is 6.92 Å². The zero-order chi connectivity index (χ0) is 13.1. The van der Waals surface area contributed by atoms with Gasteiger partial charge < -0.3 is 10.4 Å². The van der Waals surface area contributed by atoms with Gasteiger partial charge in [0.05, 0.1) is 0 Å². The van der Waals surface area contributed by atoms with Crippen molar-refractivity contribution in [2.24, 2.45) is 0 Å². The fraction of sp³-hybridized carbons (Fsp3) is 0.0769. The summed E-state index contributed by atoms with van der Waals surface area (Å²) in [5, 5.41) is 12.0. The normalized spacial score (nSPS) is 10.1. The van der Waals surface area contributed by atoms with E-state index in [1.807, 2.05) is 25.1 Å². The highest BCUT2D eigenvalue weighted by Gasteiger charge is 2.05. The Bertz CT molecular complexity index is 579. The quantitative estimate of drug-likeness (QED) is 0.909. The molecule has 4 nitrogen and oxygen atoms in total. The molecule has 1 heterocycles. The van der Waals surface area contributed by atoms with Gasteiger partial charge in [0, 0.05) is 22.0 Å². The van der Waals surface area contributed by atoms with Crippen LogP contribution >= 0.6 is 15.9 Å². The molecule has 5 heteroatoms. The van der Waals surface area contributed by atoms with E-state index < -0.39 is 5.97 Å². The second-order valence-corrected chi connectivity index (χ2v) is 4.79. The molecule has 0 aliphatic heterocycles. The van der Waals surface area contributed by atoms with E-state index >= 15 is 0 Å². The van der Waals surface area contributed by atoms with Crippen molar-refractivity contribution in [3.63, 3.8) is 0 Å². The van der Waals surface area contributed by atoms with Gasteiger partial charge in [-0.05, 0) is 42.8 Å². The van der Waals surface area contributed by atoms with E-state index in [0.29, 0.717) is 5.69 Å². The van der Waals surface area contributed by atoms with Gasteiger partial charge in [-0.3, -0.25) is 0 Å². The summed E-state index contributed by atoms with van der Waals surface area (Å²) in [4.78, 5) is 14.6. The third-order valence-corrected chi connectivity index (χ3v) is 2.77. The Kier molecular flexibility index (Phi) is 3.62. The Morgan fingerprint density at radius 2 is 2.06 bits per heavy atom. The summed E-state index contributed by atoms with van der Waals surface area (Å²) < 4.78 is 0.970. The number of hydrogen-bond acceptors (Lipinski definition) is 3. The van der Waals surface area contributed by atoms with Crippen LogP contribution in [0.5, 0.6) is 0 Å². The lowest BCUT2D eigenvalue weighted by Gasteiger charge is -2.08. The first-order valence-corrected chi connectivity index (χ1v) is 6.07. The first-order valence-electron chi connectivity index (χ1n) is 5.28. The molecular weight excluding hydrogens is 296 g/mol. The van der Waals surface area contributed by atoms with Crippen LogP contribution in [0.15, 0.2) is 41.0 Å². The van der Waals surface area contributed by atoms with Crippen molar-refractivity contribution in [3.8, 4) is 0 Å². The fourth-order valence-electron chi connectivity index (χ4n) is 1.60. The Hall–Kier alpha value is -1.88. The van der Waals surface area contributed by atoms with Crippen LogP contribution < -0.4 is 5.32 Å². The van der Waals surface area contributed by atoms with Crippen molar-refractivity contribution in [1.29, 1.82) is 0 Å². The number of hydrogen-bond donors (Lipinski definition) is 2. The van der Waals surface area contributed by atoms with Gasteiger partial charge in [-0.1, -0.05) is 15.9 Å². The standard InChI is InChI=1S/C13H11BrN2O2/c1-8-4-9(14)6-11(5-8)16-10-2-3-15-12(7-10)13(17)18/h2-7H,1H3,(H,15,16)(H,17,18). The number of nitrogens with zero attached hydrogens (tertiary/aromatic N) is 1. The first-order chi connectivity index (χ1) is 8.54. The van der Waals surface area contributed by atoms with E-state index in [-0.39, 0.29) is 5.69 Å². The molecule has 0 fully saturated rings. The lowest BCUT2D eigenvalue weighted by atomic mass is 10.2.